The molecule has 3 N–H and O–H groups in total. The van der Waals surface area contributed by atoms with Crippen molar-refractivity contribution in [3.8, 4) is 0 Å². The van der Waals surface area contributed by atoms with Crippen molar-refractivity contribution < 1.29 is 4.79 Å². The average Bonchev–Trinajstić information content (AvgIpc) is 2.30. The van der Waals surface area contributed by atoms with Gasteiger partial charge in [-0.05, 0) is 24.6 Å². The second-order valence-corrected chi connectivity index (χ2v) is 4.01. The first-order chi connectivity index (χ1) is 8.06. The molecule has 0 aliphatic heterocycles. The van der Waals surface area contributed by atoms with E-state index in [0.717, 1.165) is 18.7 Å². The van der Waals surface area contributed by atoms with Gasteiger partial charge in [-0.25, -0.2) is 0 Å². The first-order valence-corrected chi connectivity index (χ1v) is 5.52. The van der Waals surface area contributed by atoms with Crippen molar-refractivity contribution >= 4 is 17.3 Å². The fraction of sp³-hybridized carbons (Fsp3) is 0.308. The van der Waals surface area contributed by atoms with E-state index in [-0.39, 0.29) is 5.91 Å². The highest BCUT2D eigenvalue weighted by atomic mass is 16.2. The van der Waals surface area contributed by atoms with Gasteiger partial charge in [-0.1, -0.05) is 6.08 Å². The van der Waals surface area contributed by atoms with Gasteiger partial charge in [0.25, 0.3) is 5.91 Å². The van der Waals surface area contributed by atoms with Crippen molar-refractivity contribution in [3.05, 3.63) is 36.4 Å². The summed E-state index contributed by atoms with van der Waals surface area (Å²) >= 11 is 0. The van der Waals surface area contributed by atoms with Crippen LogP contribution < -0.4 is 11.1 Å². The predicted octanol–water partition coefficient (Wildman–Crippen LogP) is 1.96. The topological polar surface area (TPSA) is 58.4 Å². The molecule has 4 heteroatoms. The average molecular weight is 233 g/mol. The maximum absolute atomic E-state index is 11.8. The number of carbonyl (C=O) groups excluding carboxylic acids is 1. The van der Waals surface area contributed by atoms with Crippen LogP contribution in [-0.4, -0.2) is 31.4 Å². The lowest BCUT2D eigenvalue weighted by molar-refractivity contribution is 0.0827. The van der Waals surface area contributed by atoms with Gasteiger partial charge in [0.15, 0.2) is 0 Å². The lowest BCUT2D eigenvalue weighted by atomic mass is 10.1. The van der Waals surface area contributed by atoms with E-state index in [9.17, 15) is 4.79 Å². The Morgan fingerprint density at radius 3 is 2.82 bits per heavy atom. The van der Waals surface area contributed by atoms with Gasteiger partial charge < -0.3 is 16.0 Å². The second-order valence-electron chi connectivity index (χ2n) is 4.01. The number of nitrogens with zero attached hydrogens (tertiary/aromatic N) is 1. The molecule has 1 amide bonds. The molecule has 0 radical (unpaired) electrons. The van der Waals surface area contributed by atoms with Crippen LogP contribution in [0.2, 0.25) is 0 Å². The standard InChI is InChI=1S/C13H19N3O/c1-4-5-8-15-12-9-10(6-7-11(12)14)13(17)16(2)3/h4,6-7,9,15H,1,5,8,14H2,2-3H3. The normalized spacial score (nSPS) is 9.76. The summed E-state index contributed by atoms with van der Waals surface area (Å²) in [6.45, 7) is 4.41. The first-order valence-electron chi connectivity index (χ1n) is 5.52. The van der Waals surface area contributed by atoms with Crippen molar-refractivity contribution in [2.45, 2.75) is 6.42 Å². The molecule has 1 aromatic carbocycles. The summed E-state index contributed by atoms with van der Waals surface area (Å²) in [5.74, 6) is -0.0308. The molecule has 0 saturated carbocycles. The Hall–Kier alpha value is -1.97. The van der Waals surface area contributed by atoms with E-state index < -0.39 is 0 Å². The van der Waals surface area contributed by atoms with Crippen molar-refractivity contribution in [1.29, 1.82) is 0 Å². The Bertz CT molecular complexity index is 413. The van der Waals surface area contributed by atoms with E-state index in [1.54, 1.807) is 37.2 Å². The summed E-state index contributed by atoms with van der Waals surface area (Å²) in [5, 5.41) is 3.18. The summed E-state index contributed by atoms with van der Waals surface area (Å²) in [4.78, 5) is 13.3. The molecule has 0 fully saturated rings. The van der Waals surface area contributed by atoms with Gasteiger partial charge in [-0.3, -0.25) is 4.79 Å². The highest BCUT2D eigenvalue weighted by Crippen LogP contribution is 2.20. The van der Waals surface area contributed by atoms with Crippen molar-refractivity contribution in [2.75, 3.05) is 31.7 Å². The number of nitrogens with two attached hydrogens (primary N) is 1. The number of nitrogen functional groups attached to an aromatic ring is 1. The van der Waals surface area contributed by atoms with E-state index in [0.29, 0.717) is 11.3 Å². The molecule has 1 rings (SSSR count). The fourth-order valence-electron chi connectivity index (χ4n) is 1.41. The highest BCUT2D eigenvalue weighted by Gasteiger charge is 2.09. The van der Waals surface area contributed by atoms with Crippen LogP contribution in [0.4, 0.5) is 11.4 Å². The molecular formula is C13H19N3O. The molecule has 0 aliphatic carbocycles. The van der Waals surface area contributed by atoms with Gasteiger partial charge in [0.1, 0.15) is 0 Å². The zero-order valence-electron chi connectivity index (χ0n) is 10.4. The van der Waals surface area contributed by atoms with Crippen LogP contribution in [0.25, 0.3) is 0 Å². The summed E-state index contributed by atoms with van der Waals surface area (Å²) in [6, 6.07) is 5.25. The van der Waals surface area contributed by atoms with Gasteiger partial charge in [-0.2, -0.15) is 0 Å². The maximum atomic E-state index is 11.8. The van der Waals surface area contributed by atoms with E-state index in [4.69, 9.17) is 5.73 Å². The number of carbonyl (C=O) groups is 1. The minimum absolute atomic E-state index is 0.0308. The number of nitrogens with one attached hydrogen (secondary N) is 1. The quantitative estimate of drug-likeness (QED) is 0.464. The van der Waals surface area contributed by atoms with Gasteiger partial charge in [-0.15, -0.1) is 6.58 Å². The molecule has 0 atom stereocenters. The summed E-state index contributed by atoms with van der Waals surface area (Å²) in [5.41, 5.74) is 7.90. The van der Waals surface area contributed by atoms with E-state index in [1.165, 1.54) is 0 Å². The van der Waals surface area contributed by atoms with Crippen molar-refractivity contribution in [3.63, 3.8) is 0 Å². The Kier molecular flexibility index (Phi) is 4.57. The number of benzene rings is 1. The molecule has 1 aromatic rings. The third kappa shape index (κ3) is 3.52. The number of hydrogen-bond donors (Lipinski definition) is 2. The zero-order valence-corrected chi connectivity index (χ0v) is 10.4. The monoisotopic (exact) mass is 233 g/mol. The lowest BCUT2D eigenvalue weighted by Gasteiger charge is -2.13. The molecule has 92 valence electrons. The summed E-state index contributed by atoms with van der Waals surface area (Å²) in [7, 11) is 3.45. The SMILES string of the molecule is C=CCCNc1cc(C(=O)N(C)C)ccc1N. The third-order valence-corrected chi connectivity index (χ3v) is 2.37. The number of anilines is 2. The predicted molar refractivity (Wildman–Crippen MR) is 72.2 cm³/mol. The van der Waals surface area contributed by atoms with Gasteiger partial charge in [0, 0.05) is 26.2 Å². The number of hydrogen-bond acceptors (Lipinski definition) is 3. The molecular weight excluding hydrogens is 214 g/mol. The van der Waals surface area contributed by atoms with Crippen LogP contribution in [0.5, 0.6) is 0 Å². The molecule has 17 heavy (non-hydrogen) atoms. The zero-order chi connectivity index (χ0) is 12.8. The van der Waals surface area contributed by atoms with Gasteiger partial charge in [0.2, 0.25) is 0 Å². The van der Waals surface area contributed by atoms with Crippen LogP contribution in [0, 0.1) is 0 Å². The smallest absolute Gasteiger partial charge is 0.253 e. The Balaban J connectivity index is 2.86. The Labute approximate surface area is 102 Å². The summed E-state index contributed by atoms with van der Waals surface area (Å²) < 4.78 is 0. The van der Waals surface area contributed by atoms with Gasteiger partial charge in [0.05, 0.1) is 11.4 Å². The van der Waals surface area contributed by atoms with Gasteiger partial charge >= 0.3 is 0 Å². The van der Waals surface area contributed by atoms with Crippen molar-refractivity contribution in [2.24, 2.45) is 0 Å². The minimum atomic E-state index is -0.0308. The molecule has 0 heterocycles. The van der Waals surface area contributed by atoms with Crippen LogP contribution in [0.15, 0.2) is 30.9 Å². The number of rotatable bonds is 5. The molecule has 0 unspecified atom stereocenters. The van der Waals surface area contributed by atoms with Crippen LogP contribution in [-0.2, 0) is 0 Å². The second kappa shape index (κ2) is 5.94. The van der Waals surface area contributed by atoms with E-state index >= 15 is 0 Å². The number of amides is 1. The fourth-order valence-corrected chi connectivity index (χ4v) is 1.41. The Morgan fingerprint density at radius 2 is 2.24 bits per heavy atom. The molecule has 0 bridgehead atoms. The largest absolute Gasteiger partial charge is 0.397 e. The highest BCUT2D eigenvalue weighted by molar-refractivity contribution is 5.95. The Morgan fingerprint density at radius 1 is 1.53 bits per heavy atom. The molecule has 0 spiro atoms. The van der Waals surface area contributed by atoms with Crippen LogP contribution in [0.3, 0.4) is 0 Å². The lowest BCUT2D eigenvalue weighted by Crippen LogP contribution is -2.21. The van der Waals surface area contributed by atoms with E-state index in [1.807, 2.05) is 6.08 Å². The van der Waals surface area contributed by atoms with Crippen LogP contribution in [0.1, 0.15) is 16.8 Å². The molecule has 0 saturated heterocycles. The third-order valence-electron chi connectivity index (χ3n) is 2.37. The maximum Gasteiger partial charge on any atom is 0.253 e. The summed E-state index contributed by atoms with van der Waals surface area (Å²) in [6.07, 6.45) is 2.68. The van der Waals surface area contributed by atoms with E-state index in [2.05, 4.69) is 11.9 Å². The first kappa shape index (κ1) is 13.1. The minimum Gasteiger partial charge on any atom is -0.397 e. The molecule has 0 aliphatic rings. The molecule has 4 nitrogen and oxygen atoms in total. The molecule has 0 aromatic heterocycles. The van der Waals surface area contributed by atoms with Crippen LogP contribution >= 0.6 is 0 Å². The van der Waals surface area contributed by atoms with Crippen molar-refractivity contribution in [1.82, 2.24) is 4.90 Å².